The van der Waals surface area contributed by atoms with Crippen molar-refractivity contribution >= 4 is 23.8 Å². The molecular weight excluding hydrogens is 542 g/mol. The average Bonchev–Trinajstić information content (AvgIpc) is 3.44. The van der Waals surface area contributed by atoms with Gasteiger partial charge in [0.2, 0.25) is 11.9 Å². The first-order valence-corrected chi connectivity index (χ1v) is 15.0. The molecular formula is C31H48N3O8+. The Hall–Kier alpha value is -3.34. The van der Waals surface area contributed by atoms with Crippen LogP contribution in [-0.4, -0.2) is 70.6 Å². The van der Waals surface area contributed by atoms with E-state index in [2.05, 4.69) is 5.32 Å². The van der Waals surface area contributed by atoms with Gasteiger partial charge in [-0.15, -0.1) is 0 Å². The maximum Gasteiger partial charge on any atom is 0.329 e. The van der Waals surface area contributed by atoms with Gasteiger partial charge in [0, 0.05) is 17.4 Å². The molecule has 0 saturated carbocycles. The highest BCUT2D eigenvalue weighted by Crippen LogP contribution is 2.22. The Morgan fingerprint density at radius 1 is 1.10 bits per heavy atom. The number of aliphatic hydroxyl groups is 1. The van der Waals surface area contributed by atoms with Gasteiger partial charge in [0.1, 0.15) is 24.8 Å². The second-order valence-electron chi connectivity index (χ2n) is 11.9. The van der Waals surface area contributed by atoms with Gasteiger partial charge < -0.3 is 24.8 Å². The van der Waals surface area contributed by atoms with Crippen molar-refractivity contribution in [1.29, 1.82) is 0 Å². The topological polar surface area (TPSA) is 153 Å². The fraction of sp³-hybridized carbons (Fsp3) is 0.677. The number of hydrogen-bond donors (Lipinski definition) is 3. The van der Waals surface area contributed by atoms with Crippen LogP contribution >= 0.6 is 0 Å². The number of likely N-dealkylation sites (tertiary alicyclic amines) is 1. The van der Waals surface area contributed by atoms with E-state index >= 15 is 0 Å². The Balaban J connectivity index is 2.09. The number of benzene rings is 1. The molecule has 2 rings (SSSR count). The molecule has 11 nitrogen and oxygen atoms in total. The molecule has 0 spiro atoms. The minimum atomic E-state index is -1.29. The first-order chi connectivity index (χ1) is 19.9. The molecule has 234 valence electrons. The van der Waals surface area contributed by atoms with E-state index in [0.717, 1.165) is 5.56 Å². The van der Waals surface area contributed by atoms with Gasteiger partial charge in [-0.2, -0.15) is 0 Å². The molecule has 1 heterocycles. The molecule has 0 bridgehead atoms. The quantitative estimate of drug-likeness (QED) is 0.247. The monoisotopic (exact) mass is 590 g/mol. The SMILES string of the molecule is CC[C@H](C)[C@@H]([NH+]=O)[C@@H](O)CC(=O)O[C@H](C(=O)N[C@@H](CC(C)C)C(=O)N1CCC[C@H]1C(=O)OCc1ccccc1)C(C)C. The molecule has 0 radical (unpaired) electrons. The van der Waals surface area contributed by atoms with E-state index in [-0.39, 0.29) is 18.4 Å². The molecule has 0 aliphatic carbocycles. The molecule has 1 aromatic carbocycles. The predicted octanol–water partition coefficient (Wildman–Crippen LogP) is 1.83. The summed E-state index contributed by atoms with van der Waals surface area (Å²) in [5.41, 5.74) is 0.841. The third-order valence-corrected chi connectivity index (χ3v) is 7.66. The van der Waals surface area contributed by atoms with Crippen LogP contribution in [-0.2, 0) is 35.3 Å². The lowest BCUT2D eigenvalue weighted by atomic mass is 9.93. The highest BCUT2D eigenvalue weighted by Gasteiger charge is 2.40. The van der Waals surface area contributed by atoms with Crippen LogP contribution in [0.3, 0.4) is 0 Å². The Bertz CT molecular complexity index is 1050. The Morgan fingerprint density at radius 3 is 2.33 bits per heavy atom. The molecule has 1 aromatic rings. The lowest BCUT2D eigenvalue weighted by Gasteiger charge is -2.30. The van der Waals surface area contributed by atoms with Crippen LogP contribution < -0.4 is 10.5 Å². The van der Waals surface area contributed by atoms with Crippen molar-refractivity contribution in [3.63, 3.8) is 0 Å². The van der Waals surface area contributed by atoms with Crippen LogP contribution in [0.2, 0.25) is 0 Å². The van der Waals surface area contributed by atoms with E-state index in [9.17, 15) is 29.2 Å². The van der Waals surface area contributed by atoms with Crippen molar-refractivity contribution in [2.45, 2.75) is 111 Å². The molecule has 3 N–H and O–H groups in total. The summed E-state index contributed by atoms with van der Waals surface area (Å²) in [4.78, 5) is 65.5. The normalized spacial score (nSPS) is 18.6. The molecule has 1 aliphatic rings. The van der Waals surface area contributed by atoms with Gasteiger partial charge in [-0.3, -0.25) is 14.4 Å². The van der Waals surface area contributed by atoms with Gasteiger partial charge >= 0.3 is 11.9 Å². The van der Waals surface area contributed by atoms with Gasteiger partial charge in [-0.05, 0) is 48.3 Å². The van der Waals surface area contributed by atoms with E-state index in [1.807, 2.05) is 51.1 Å². The largest absolute Gasteiger partial charge is 0.459 e. The maximum atomic E-state index is 13.7. The number of nitrogens with one attached hydrogen (secondary N) is 2. The second-order valence-corrected chi connectivity index (χ2v) is 11.9. The zero-order chi connectivity index (χ0) is 31.4. The predicted molar refractivity (Wildman–Crippen MR) is 155 cm³/mol. The molecule has 11 heteroatoms. The van der Waals surface area contributed by atoms with Crippen LogP contribution in [0, 0.1) is 22.7 Å². The molecule has 42 heavy (non-hydrogen) atoms. The fourth-order valence-corrected chi connectivity index (χ4v) is 5.05. The van der Waals surface area contributed by atoms with Crippen LogP contribution in [0.25, 0.3) is 0 Å². The first-order valence-electron chi connectivity index (χ1n) is 15.0. The van der Waals surface area contributed by atoms with Crippen molar-refractivity contribution in [2.75, 3.05) is 6.54 Å². The van der Waals surface area contributed by atoms with Gasteiger partial charge in [0.05, 0.1) is 6.42 Å². The van der Waals surface area contributed by atoms with E-state index in [1.165, 1.54) is 4.90 Å². The van der Waals surface area contributed by atoms with Gasteiger partial charge in [-0.25, -0.2) is 4.79 Å². The summed E-state index contributed by atoms with van der Waals surface area (Å²) in [5, 5.41) is 15.0. The van der Waals surface area contributed by atoms with Crippen molar-refractivity contribution < 1.29 is 38.9 Å². The van der Waals surface area contributed by atoms with Crippen molar-refractivity contribution in [3.05, 3.63) is 40.8 Å². The second kappa shape index (κ2) is 16.9. The third kappa shape index (κ3) is 10.2. The molecule has 1 saturated heterocycles. The summed E-state index contributed by atoms with van der Waals surface area (Å²) in [5.74, 6) is -2.92. The third-order valence-electron chi connectivity index (χ3n) is 7.66. The number of esters is 2. The van der Waals surface area contributed by atoms with Gasteiger partial charge in [0.25, 0.3) is 5.91 Å². The minimum absolute atomic E-state index is 0.0395. The van der Waals surface area contributed by atoms with E-state index in [1.54, 1.807) is 25.9 Å². The number of rotatable bonds is 16. The fourth-order valence-electron chi connectivity index (χ4n) is 5.05. The van der Waals surface area contributed by atoms with Crippen LogP contribution in [0.4, 0.5) is 0 Å². The zero-order valence-electron chi connectivity index (χ0n) is 25.7. The Morgan fingerprint density at radius 2 is 1.76 bits per heavy atom. The molecule has 2 amide bonds. The molecule has 0 aromatic heterocycles. The number of carbonyl (C=O) groups excluding carboxylic acids is 4. The smallest absolute Gasteiger partial charge is 0.329 e. The molecule has 0 unspecified atom stereocenters. The Labute approximate surface area is 248 Å². The number of ether oxygens (including phenoxy) is 2. The number of amides is 2. The number of aliphatic hydroxyl groups excluding tert-OH is 1. The van der Waals surface area contributed by atoms with Crippen molar-refractivity contribution in [3.8, 4) is 0 Å². The summed E-state index contributed by atoms with van der Waals surface area (Å²) in [6.45, 7) is 11.4. The number of hydrogen-bond acceptors (Lipinski definition) is 8. The number of nitroso groups, excluding NO2 is 1. The number of carbonyl (C=O) groups is 4. The summed E-state index contributed by atoms with van der Waals surface area (Å²) in [7, 11) is 0. The maximum absolute atomic E-state index is 13.7. The van der Waals surface area contributed by atoms with Gasteiger partial charge in [0.15, 0.2) is 6.10 Å². The van der Waals surface area contributed by atoms with E-state index < -0.39 is 66.4 Å². The van der Waals surface area contributed by atoms with Gasteiger partial charge in [-0.1, -0.05) is 71.9 Å². The van der Waals surface area contributed by atoms with Crippen molar-refractivity contribution in [2.24, 2.45) is 17.8 Å². The van der Waals surface area contributed by atoms with E-state index in [0.29, 0.717) is 32.2 Å². The van der Waals surface area contributed by atoms with Crippen LogP contribution in [0.5, 0.6) is 0 Å². The molecule has 6 atom stereocenters. The standard InChI is InChI=1S/C31H47N3O8/c1-7-21(6)27(33-40)25(35)17-26(36)42-28(20(4)5)29(37)32-23(16-19(2)3)30(38)34-15-11-14-24(34)31(39)41-18-22-12-9-8-10-13-22/h8-10,12-13,19-21,23-25,27-28,35H,7,11,14-18H2,1-6H3,(H,32,37)/p+1/t21-,23-,24-,25-,27+,28-/m0/s1. The Kier molecular flexibility index (Phi) is 14.1. The van der Waals surface area contributed by atoms with Crippen LogP contribution in [0.1, 0.15) is 79.2 Å². The van der Waals surface area contributed by atoms with Crippen LogP contribution in [0.15, 0.2) is 30.3 Å². The van der Waals surface area contributed by atoms with E-state index in [4.69, 9.17) is 9.47 Å². The lowest BCUT2D eigenvalue weighted by molar-refractivity contribution is -0.547. The number of nitrogens with zero attached hydrogens (tertiary/aromatic N) is 1. The summed E-state index contributed by atoms with van der Waals surface area (Å²) < 4.78 is 11.0. The summed E-state index contributed by atoms with van der Waals surface area (Å²) in [6.07, 6.45) is -0.942. The average molecular weight is 591 g/mol. The lowest BCUT2D eigenvalue weighted by Crippen LogP contribution is -2.78. The summed E-state index contributed by atoms with van der Waals surface area (Å²) >= 11 is 0. The molecule has 1 fully saturated rings. The summed E-state index contributed by atoms with van der Waals surface area (Å²) in [6, 6.07) is 6.73. The van der Waals surface area contributed by atoms with Crippen molar-refractivity contribution in [1.82, 2.24) is 10.2 Å². The first kappa shape index (κ1) is 34.9. The highest BCUT2D eigenvalue weighted by molar-refractivity contribution is 5.93. The minimum Gasteiger partial charge on any atom is -0.459 e. The molecule has 1 aliphatic heterocycles. The highest BCUT2D eigenvalue weighted by atomic mass is 16.6. The zero-order valence-corrected chi connectivity index (χ0v) is 25.7.